The van der Waals surface area contributed by atoms with Crippen LogP contribution in [0.15, 0.2) is 28.7 Å². The highest BCUT2D eigenvalue weighted by molar-refractivity contribution is 9.10. The van der Waals surface area contributed by atoms with Crippen LogP contribution in [0.25, 0.3) is 0 Å². The molecular weight excluding hydrogens is 231 g/mol. The zero-order chi connectivity index (χ0) is 9.84. The van der Waals surface area contributed by atoms with Crippen LogP contribution in [0.5, 0.6) is 0 Å². The second kappa shape index (κ2) is 4.75. The van der Waals surface area contributed by atoms with Gasteiger partial charge in [0.25, 0.3) is 0 Å². The Bertz CT molecular complexity index is 271. The lowest BCUT2D eigenvalue weighted by atomic mass is 9.96. The molecule has 72 valence electrons. The van der Waals surface area contributed by atoms with Gasteiger partial charge in [-0.3, -0.25) is 0 Å². The van der Waals surface area contributed by atoms with Gasteiger partial charge in [-0.1, -0.05) is 35.0 Å². The number of rotatable bonds is 3. The number of hydrogen-bond donors (Lipinski definition) is 0. The molecular formula is C11H14BrF. The standard InChI is InChI=1S/C11H14BrF/c1-8(6-9(2)13)10-4-3-5-11(12)7-10/h3-5,7-9H,6H2,1-2H3. The minimum absolute atomic E-state index is 0.289. The summed E-state index contributed by atoms with van der Waals surface area (Å²) >= 11 is 3.40. The van der Waals surface area contributed by atoms with Gasteiger partial charge in [-0.05, 0) is 37.0 Å². The molecule has 2 heteroatoms. The molecule has 0 saturated heterocycles. The Kier molecular flexibility index (Phi) is 3.91. The van der Waals surface area contributed by atoms with Crippen LogP contribution in [0.2, 0.25) is 0 Å². The topological polar surface area (TPSA) is 0 Å². The monoisotopic (exact) mass is 244 g/mol. The highest BCUT2D eigenvalue weighted by atomic mass is 79.9. The number of halogens is 2. The highest BCUT2D eigenvalue weighted by Gasteiger charge is 2.09. The molecule has 1 rings (SSSR count). The van der Waals surface area contributed by atoms with Crippen molar-refractivity contribution < 1.29 is 4.39 Å². The van der Waals surface area contributed by atoms with E-state index < -0.39 is 6.17 Å². The molecule has 0 fully saturated rings. The van der Waals surface area contributed by atoms with E-state index in [2.05, 4.69) is 22.9 Å². The van der Waals surface area contributed by atoms with Crippen molar-refractivity contribution >= 4 is 15.9 Å². The van der Waals surface area contributed by atoms with Crippen LogP contribution in [0.4, 0.5) is 4.39 Å². The Morgan fingerprint density at radius 1 is 1.38 bits per heavy atom. The van der Waals surface area contributed by atoms with Gasteiger partial charge >= 0.3 is 0 Å². The van der Waals surface area contributed by atoms with Gasteiger partial charge in [-0.15, -0.1) is 0 Å². The maximum atomic E-state index is 12.7. The lowest BCUT2D eigenvalue weighted by Crippen LogP contribution is -2.01. The maximum Gasteiger partial charge on any atom is 0.0979 e. The minimum Gasteiger partial charge on any atom is -0.248 e. The summed E-state index contributed by atoms with van der Waals surface area (Å²) in [5, 5.41) is 0. The number of alkyl halides is 1. The van der Waals surface area contributed by atoms with Crippen molar-refractivity contribution in [3.05, 3.63) is 34.3 Å². The van der Waals surface area contributed by atoms with E-state index in [1.54, 1.807) is 6.92 Å². The van der Waals surface area contributed by atoms with Crippen LogP contribution in [-0.4, -0.2) is 6.17 Å². The van der Waals surface area contributed by atoms with E-state index in [4.69, 9.17) is 0 Å². The Labute approximate surface area is 87.3 Å². The third-order valence-electron chi connectivity index (χ3n) is 2.10. The third kappa shape index (κ3) is 3.47. The van der Waals surface area contributed by atoms with Gasteiger partial charge in [0.2, 0.25) is 0 Å². The molecule has 1 aromatic rings. The van der Waals surface area contributed by atoms with Crippen molar-refractivity contribution in [3.8, 4) is 0 Å². The van der Waals surface area contributed by atoms with Gasteiger partial charge in [0, 0.05) is 4.47 Å². The van der Waals surface area contributed by atoms with Crippen LogP contribution in [0.3, 0.4) is 0 Å². The summed E-state index contributed by atoms with van der Waals surface area (Å²) < 4.78 is 13.8. The van der Waals surface area contributed by atoms with E-state index in [0.717, 1.165) is 4.47 Å². The van der Waals surface area contributed by atoms with Crippen molar-refractivity contribution in [2.24, 2.45) is 0 Å². The van der Waals surface area contributed by atoms with Crippen LogP contribution in [0.1, 0.15) is 31.7 Å². The van der Waals surface area contributed by atoms with Crippen molar-refractivity contribution in [2.45, 2.75) is 32.4 Å². The summed E-state index contributed by atoms with van der Waals surface area (Å²) in [4.78, 5) is 0. The molecule has 0 heterocycles. The average Bonchev–Trinajstić information content (AvgIpc) is 2.03. The molecule has 2 atom stereocenters. The molecule has 0 nitrogen and oxygen atoms in total. The normalized spacial score (nSPS) is 15.4. The molecule has 0 aliphatic carbocycles. The Hall–Kier alpha value is -0.370. The van der Waals surface area contributed by atoms with Crippen LogP contribution < -0.4 is 0 Å². The fourth-order valence-corrected chi connectivity index (χ4v) is 1.85. The predicted octanol–water partition coefficient (Wildman–Crippen LogP) is 4.30. The van der Waals surface area contributed by atoms with Crippen LogP contribution in [0, 0.1) is 0 Å². The lowest BCUT2D eigenvalue weighted by Gasteiger charge is -2.12. The quantitative estimate of drug-likeness (QED) is 0.744. The molecule has 0 aromatic heterocycles. The second-order valence-electron chi connectivity index (χ2n) is 3.47. The summed E-state index contributed by atoms with van der Waals surface area (Å²) in [5.41, 5.74) is 1.19. The average molecular weight is 245 g/mol. The molecule has 0 radical (unpaired) electrons. The van der Waals surface area contributed by atoms with E-state index in [1.807, 2.05) is 24.3 Å². The fraction of sp³-hybridized carbons (Fsp3) is 0.455. The first kappa shape index (κ1) is 10.7. The maximum absolute atomic E-state index is 12.7. The molecule has 0 aliphatic heterocycles. The first-order chi connectivity index (χ1) is 6.09. The zero-order valence-electron chi connectivity index (χ0n) is 7.93. The van der Waals surface area contributed by atoms with Crippen molar-refractivity contribution in [1.82, 2.24) is 0 Å². The second-order valence-corrected chi connectivity index (χ2v) is 4.39. The minimum atomic E-state index is -0.728. The van der Waals surface area contributed by atoms with Gasteiger partial charge in [-0.25, -0.2) is 4.39 Å². The van der Waals surface area contributed by atoms with E-state index >= 15 is 0 Å². The lowest BCUT2D eigenvalue weighted by molar-refractivity contribution is 0.324. The fourth-order valence-electron chi connectivity index (χ4n) is 1.44. The number of hydrogen-bond acceptors (Lipinski definition) is 0. The zero-order valence-corrected chi connectivity index (χ0v) is 9.51. The Morgan fingerprint density at radius 2 is 2.08 bits per heavy atom. The Balaban J connectivity index is 2.71. The van der Waals surface area contributed by atoms with Gasteiger partial charge in [0.15, 0.2) is 0 Å². The van der Waals surface area contributed by atoms with Gasteiger partial charge in [0.1, 0.15) is 0 Å². The summed E-state index contributed by atoms with van der Waals surface area (Å²) in [6.45, 7) is 3.66. The summed E-state index contributed by atoms with van der Waals surface area (Å²) in [6.07, 6.45) is -0.134. The van der Waals surface area contributed by atoms with Crippen molar-refractivity contribution in [1.29, 1.82) is 0 Å². The van der Waals surface area contributed by atoms with Crippen molar-refractivity contribution in [2.75, 3.05) is 0 Å². The first-order valence-corrected chi connectivity index (χ1v) is 5.28. The molecule has 0 saturated carbocycles. The van der Waals surface area contributed by atoms with Gasteiger partial charge in [0.05, 0.1) is 6.17 Å². The SMILES string of the molecule is CC(F)CC(C)c1cccc(Br)c1. The molecule has 1 aromatic carbocycles. The van der Waals surface area contributed by atoms with Crippen molar-refractivity contribution in [3.63, 3.8) is 0 Å². The summed E-state index contributed by atoms with van der Waals surface area (Å²) in [7, 11) is 0. The van der Waals surface area contributed by atoms with Crippen LogP contribution >= 0.6 is 15.9 Å². The first-order valence-electron chi connectivity index (χ1n) is 4.49. The van der Waals surface area contributed by atoms with Gasteiger partial charge in [-0.2, -0.15) is 0 Å². The molecule has 0 amide bonds. The molecule has 0 N–H and O–H groups in total. The van der Waals surface area contributed by atoms with E-state index in [9.17, 15) is 4.39 Å². The largest absolute Gasteiger partial charge is 0.248 e. The van der Waals surface area contributed by atoms with E-state index in [1.165, 1.54) is 5.56 Å². The van der Waals surface area contributed by atoms with E-state index in [0.29, 0.717) is 6.42 Å². The molecule has 0 bridgehead atoms. The highest BCUT2D eigenvalue weighted by Crippen LogP contribution is 2.24. The molecule has 0 aliphatic rings. The molecule has 13 heavy (non-hydrogen) atoms. The smallest absolute Gasteiger partial charge is 0.0979 e. The molecule has 2 unspecified atom stereocenters. The summed E-state index contributed by atoms with van der Waals surface area (Å²) in [6, 6.07) is 8.05. The van der Waals surface area contributed by atoms with Crippen LogP contribution in [-0.2, 0) is 0 Å². The third-order valence-corrected chi connectivity index (χ3v) is 2.59. The van der Waals surface area contributed by atoms with E-state index in [-0.39, 0.29) is 5.92 Å². The summed E-state index contributed by atoms with van der Waals surface area (Å²) in [5.74, 6) is 0.289. The van der Waals surface area contributed by atoms with Gasteiger partial charge < -0.3 is 0 Å². The molecule has 0 spiro atoms. The predicted molar refractivity (Wildman–Crippen MR) is 57.7 cm³/mol. The Morgan fingerprint density at radius 3 is 2.62 bits per heavy atom. The number of benzene rings is 1.